The molecule has 0 spiro atoms. The molecule has 2 N–H and O–H groups in total. The van der Waals surface area contributed by atoms with Crippen LogP contribution < -0.4 is 10.1 Å². The van der Waals surface area contributed by atoms with Crippen LogP contribution in [0, 0.1) is 5.92 Å². The second kappa shape index (κ2) is 7.78. The molecule has 0 radical (unpaired) electrons. The Bertz CT molecular complexity index is 525. The minimum atomic E-state index is -1.60. The number of hydrogen-bond donors (Lipinski definition) is 2. The fourth-order valence-electron chi connectivity index (χ4n) is 1.31. The maximum absolute atomic E-state index is 12.4. The Hall–Kier alpha value is -1.89. The highest BCUT2D eigenvalue weighted by molar-refractivity contribution is 6.32. The molecule has 0 saturated heterocycles. The molecule has 8 heteroatoms. The summed E-state index contributed by atoms with van der Waals surface area (Å²) in [6.07, 6.45) is 1.19. The minimum absolute atomic E-state index is 0.0246. The van der Waals surface area contributed by atoms with E-state index in [0.717, 1.165) is 0 Å². The van der Waals surface area contributed by atoms with Gasteiger partial charge in [-0.3, -0.25) is 4.79 Å². The van der Waals surface area contributed by atoms with E-state index in [0.29, 0.717) is 6.61 Å². The van der Waals surface area contributed by atoms with Gasteiger partial charge >= 0.3 is 5.97 Å². The first-order valence-corrected chi connectivity index (χ1v) is 6.61. The van der Waals surface area contributed by atoms with E-state index in [2.05, 4.69) is 4.98 Å². The van der Waals surface area contributed by atoms with Crippen LogP contribution in [-0.4, -0.2) is 41.3 Å². The van der Waals surface area contributed by atoms with E-state index in [1.165, 1.54) is 12.3 Å². The van der Waals surface area contributed by atoms with E-state index < -0.39 is 24.6 Å². The molecule has 0 aromatic carbocycles. The average Bonchev–Trinajstić information content (AvgIpc) is 2.42. The first-order chi connectivity index (χ1) is 9.85. The Balaban J connectivity index is 2.78. The number of alkyl halides is 1. The summed E-state index contributed by atoms with van der Waals surface area (Å²) in [5.74, 6) is -1.76. The molecule has 0 bridgehead atoms. The SMILES string of the molecule is CC(C)COc1ncc(C(=O)NC(CF)C(=O)O)cc1Cl. The van der Waals surface area contributed by atoms with Gasteiger partial charge in [-0.2, -0.15) is 0 Å². The van der Waals surface area contributed by atoms with Crippen molar-refractivity contribution in [1.29, 1.82) is 0 Å². The zero-order valence-corrected chi connectivity index (χ0v) is 12.4. The molecule has 1 aromatic rings. The molecule has 21 heavy (non-hydrogen) atoms. The third kappa shape index (κ3) is 5.18. The maximum Gasteiger partial charge on any atom is 0.328 e. The molecule has 116 valence electrons. The number of aliphatic carboxylic acids is 1. The summed E-state index contributed by atoms with van der Waals surface area (Å²) in [6, 6.07) is -0.315. The molecule has 0 aliphatic heterocycles. The Morgan fingerprint density at radius 1 is 1.52 bits per heavy atom. The summed E-state index contributed by atoms with van der Waals surface area (Å²) in [5.41, 5.74) is 0.0246. The Kier molecular flexibility index (Phi) is 6.36. The second-order valence-electron chi connectivity index (χ2n) is 4.73. The number of amides is 1. The number of ether oxygens (including phenoxy) is 1. The van der Waals surface area contributed by atoms with E-state index in [-0.39, 0.29) is 22.4 Å². The predicted octanol–water partition coefficient (Wildman–Crippen LogP) is 1.92. The zero-order chi connectivity index (χ0) is 16.0. The van der Waals surface area contributed by atoms with Crippen LogP contribution in [0.4, 0.5) is 4.39 Å². The van der Waals surface area contributed by atoms with Crippen LogP contribution in [-0.2, 0) is 4.79 Å². The van der Waals surface area contributed by atoms with Crippen LogP contribution in [0.15, 0.2) is 12.3 Å². The fraction of sp³-hybridized carbons (Fsp3) is 0.462. The van der Waals surface area contributed by atoms with E-state index in [9.17, 15) is 14.0 Å². The zero-order valence-electron chi connectivity index (χ0n) is 11.6. The summed E-state index contributed by atoms with van der Waals surface area (Å²) >= 11 is 5.93. The van der Waals surface area contributed by atoms with E-state index in [1.807, 2.05) is 19.2 Å². The lowest BCUT2D eigenvalue weighted by atomic mass is 10.2. The summed E-state index contributed by atoms with van der Waals surface area (Å²) in [4.78, 5) is 26.3. The summed E-state index contributed by atoms with van der Waals surface area (Å²) in [6.45, 7) is 3.12. The van der Waals surface area contributed by atoms with Gasteiger partial charge in [0, 0.05) is 6.20 Å². The molecule has 1 heterocycles. The molecule has 1 aromatic heterocycles. The van der Waals surface area contributed by atoms with Crippen LogP contribution in [0.5, 0.6) is 5.88 Å². The van der Waals surface area contributed by atoms with Gasteiger partial charge in [0.05, 0.1) is 12.2 Å². The average molecular weight is 319 g/mol. The number of carboxylic acid groups (broad SMARTS) is 1. The van der Waals surface area contributed by atoms with Gasteiger partial charge in [0.25, 0.3) is 5.91 Å². The molecule has 1 rings (SSSR count). The summed E-state index contributed by atoms with van der Waals surface area (Å²) in [7, 11) is 0. The number of nitrogens with zero attached hydrogens (tertiary/aromatic N) is 1. The number of carboxylic acids is 1. The highest BCUT2D eigenvalue weighted by atomic mass is 35.5. The normalized spacial score (nSPS) is 12.0. The number of rotatable bonds is 7. The van der Waals surface area contributed by atoms with Crippen LogP contribution in [0.2, 0.25) is 5.02 Å². The summed E-state index contributed by atoms with van der Waals surface area (Å²) in [5, 5.41) is 10.8. The van der Waals surface area contributed by atoms with E-state index >= 15 is 0 Å². The number of carbonyl (C=O) groups is 2. The smallest absolute Gasteiger partial charge is 0.328 e. The van der Waals surface area contributed by atoms with Crippen molar-refractivity contribution < 1.29 is 23.8 Å². The van der Waals surface area contributed by atoms with Crippen LogP contribution >= 0.6 is 11.6 Å². The van der Waals surface area contributed by atoms with Crippen molar-refractivity contribution in [3.8, 4) is 5.88 Å². The van der Waals surface area contributed by atoms with Crippen LogP contribution in [0.3, 0.4) is 0 Å². The highest BCUT2D eigenvalue weighted by Gasteiger charge is 2.21. The second-order valence-corrected chi connectivity index (χ2v) is 5.14. The molecule has 0 saturated carbocycles. The molecule has 1 amide bonds. The Morgan fingerprint density at radius 3 is 2.67 bits per heavy atom. The van der Waals surface area contributed by atoms with Gasteiger partial charge in [-0.25, -0.2) is 14.2 Å². The lowest BCUT2D eigenvalue weighted by Gasteiger charge is -2.12. The van der Waals surface area contributed by atoms with Gasteiger partial charge in [-0.05, 0) is 12.0 Å². The Labute approximate surface area is 126 Å². The fourth-order valence-corrected chi connectivity index (χ4v) is 1.53. The molecule has 1 atom stereocenters. The number of hydrogen-bond acceptors (Lipinski definition) is 4. The van der Waals surface area contributed by atoms with Crippen molar-refractivity contribution in [3.63, 3.8) is 0 Å². The molecule has 0 aliphatic carbocycles. The first-order valence-electron chi connectivity index (χ1n) is 6.23. The third-order valence-electron chi connectivity index (χ3n) is 2.38. The van der Waals surface area contributed by atoms with Crippen LogP contribution in [0.25, 0.3) is 0 Å². The van der Waals surface area contributed by atoms with Gasteiger partial charge in [0.2, 0.25) is 5.88 Å². The molecule has 0 fully saturated rings. The molecule has 0 aliphatic rings. The van der Waals surface area contributed by atoms with E-state index in [1.54, 1.807) is 0 Å². The number of nitrogens with one attached hydrogen (secondary N) is 1. The van der Waals surface area contributed by atoms with Crippen LogP contribution in [0.1, 0.15) is 24.2 Å². The van der Waals surface area contributed by atoms with Crippen molar-refractivity contribution in [1.82, 2.24) is 10.3 Å². The lowest BCUT2D eigenvalue weighted by Crippen LogP contribution is -2.42. The number of carbonyl (C=O) groups excluding carboxylic acids is 1. The van der Waals surface area contributed by atoms with Crippen molar-refractivity contribution >= 4 is 23.5 Å². The Morgan fingerprint density at radius 2 is 2.19 bits per heavy atom. The maximum atomic E-state index is 12.4. The number of halogens is 2. The molecule has 6 nitrogen and oxygen atoms in total. The topological polar surface area (TPSA) is 88.5 Å². The third-order valence-corrected chi connectivity index (χ3v) is 2.65. The quantitative estimate of drug-likeness (QED) is 0.802. The van der Waals surface area contributed by atoms with Gasteiger partial charge in [0.15, 0.2) is 6.04 Å². The first kappa shape index (κ1) is 17.2. The van der Waals surface area contributed by atoms with E-state index in [4.69, 9.17) is 21.4 Å². The minimum Gasteiger partial charge on any atom is -0.480 e. The molecular weight excluding hydrogens is 303 g/mol. The standard InChI is InChI=1S/C13H16ClFN2O4/c1-7(2)6-21-12-9(14)3-8(5-16-12)11(18)17-10(4-15)13(19)20/h3,5,7,10H,4,6H2,1-2H3,(H,17,18)(H,19,20). The van der Waals surface area contributed by atoms with Crippen molar-refractivity contribution in [2.75, 3.05) is 13.3 Å². The van der Waals surface area contributed by atoms with Gasteiger partial charge in [0.1, 0.15) is 11.7 Å². The van der Waals surface area contributed by atoms with Gasteiger partial charge < -0.3 is 15.2 Å². The predicted molar refractivity (Wildman–Crippen MR) is 74.4 cm³/mol. The molecular formula is C13H16ClFN2O4. The van der Waals surface area contributed by atoms with Gasteiger partial charge in [-0.1, -0.05) is 25.4 Å². The monoisotopic (exact) mass is 318 g/mol. The van der Waals surface area contributed by atoms with Gasteiger partial charge in [-0.15, -0.1) is 0 Å². The van der Waals surface area contributed by atoms with Crippen molar-refractivity contribution in [3.05, 3.63) is 22.8 Å². The highest BCUT2D eigenvalue weighted by Crippen LogP contribution is 2.22. The summed E-state index contributed by atoms with van der Waals surface area (Å²) < 4.78 is 17.8. The largest absolute Gasteiger partial charge is 0.480 e. The molecule has 1 unspecified atom stereocenters. The number of aromatic nitrogens is 1. The van der Waals surface area contributed by atoms with Crippen molar-refractivity contribution in [2.45, 2.75) is 19.9 Å². The number of pyridine rings is 1. The van der Waals surface area contributed by atoms with Crippen molar-refractivity contribution in [2.24, 2.45) is 5.92 Å². The lowest BCUT2D eigenvalue weighted by molar-refractivity contribution is -0.139.